The number of carbonyl (C=O) groups excluding carboxylic acids is 1. The molecular weight excluding hydrogens is 193 g/mol. The van der Waals surface area contributed by atoms with E-state index in [0.717, 1.165) is 25.7 Å². The number of hydrogen-bond donors (Lipinski definition) is 1. The Kier molecular flexibility index (Phi) is 4.60. The summed E-state index contributed by atoms with van der Waals surface area (Å²) in [5.41, 5.74) is 0. The van der Waals surface area contributed by atoms with Crippen molar-refractivity contribution in [3.05, 3.63) is 0 Å². The van der Waals surface area contributed by atoms with Gasteiger partial charge in [-0.25, -0.2) is 5.06 Å². The lowest BCUT2D eigenvalue weighted by Crippen LogP contribution is -2.35. The lowest BCUT2D eigenvalue weighted by Gasteiger charge is -2.30. The van der Waals surface area contributed by atoms with Gasteiger partial charge in [-0.05, 0) is 18.7 Å². The lowest BCUT2D eigenvalue weighted by molar-refractivity contribution is -0.174. The van der Waals surface area contributed by atoms with Crippen molar-refractivity contribution in [1.82, 2.24) is 5.06 Å². The lowest BCUT2D eigenvalue weighted by atomic mass is 9.52. The van der Waals surface area contributed by atoms with E-state index in [0.29, 0.717) is 0 Å². The Morgan fingerprint density at radius 1 is 1.53 bits per heavy atom. The second-order valence-corrected chi connectivity index (χ2v) is 4.38. The summed E-state index contributed by atoms with van der Waals surface area (Å²) in [6, 6.07) is 0. The molecule has 0 aromatic rings. The maximum absolute atomic E-state index is 11.8. The first-order valence-corrected chi connectivity index (χ1v) is 5.56. The van der Waals surface area contributed by atoms with Gasteiger partial charge in [-0.1, -0.05) is 19.7 Å². The molecule has 2 unspecified atom stereocenters. The summed E-state index contributed by atoms with van der Waals surface area (Å²) in [6.07, 6.45) is 3.74. The third-order valence-electron chi connectivity index (χ3n) is 3.33. The molecule has 0 heterocycles. The first-order valence-electron chi connectivity index (χ1n) is 5.56. The van der Waals surface area contributed by atoms with Gasteiger partial charge in [0.15, 0.2) is 0 Å². The highest BCUT2D eigenvalue weighted by Crippen LogP contribution is 2.35. The number of rotatable bonds is 3. The molecule has 0 aromatic heterocycles. The molecular formula is C10H20BNO3. The molecule has 0 radical (unpaired) electrons. The van der Waals surface area contributed by atoms with Gasteiger partial charge in [0.2, 0.25) is 5.91 Å². The van der Waals surface area contributed by atoms with Crippen molar-refractivity contribution in [1.29, 1.82) is 0 Å². The van der Waals surface area contributed by atoms with E-state index in [9.17, 15) is 9.82 Å². The molecule has 0 aliphatic heterocycles. The number of carbonyl (C=O) groups is 1. The second-order valence-electron chi connectivity index (χ2n) is 4.38. The highest BCUT2D eigenvalue weighted by molar-refractivity contribution is 6.50. The van der Waals surface area contributed by atoms with Crippen LogP contribution in [-0.2, 0) is 9.63 Å². The summed E-state index contributed by atoms with van der Waals surface area (Å²) < 4.78 is 0. The van der Waals surface area contributed by atoms with E-state index < -0.39 is 0 Å². The van der Waals surface area contributed by atoms with E-state index >= 15 is 0 Å². The predicted molar refractivity (Wildman–Crippen MR) is 59.3 cm³/mol. The fourth-order valence-corrected chi connectivity index (χ4v) is 2.24. The van der Waals surface area contributed by atoms with Gasteiger partial charge in [-0.15, -0.1) is 0 Å². The van der Waals surface area contributed by atoms with Crippen LogP contribution in [0.5, 0.6) is 0 Å². The first kappa shape index (κ1) is 12.5. The fraction of sp³-hybridized carbons (Fsp3) is 0.900. The molecule has 0 saturated heterocycles. The van der Waals surface area contributed by atoms with Crippen LogP contribution in [0.2, 0.25) is 12.6 Å². The molecule has 1 amide bonds. The minimum absolute atomic E-state index is 0.0169. The molecule has 1 aliphatic carbocycles. The Hall–Kier alpha value is -0.545. The van der Waals surface area contributed by atoms with E-state index in [1.165, 1.54) is 12.2 Å². The highest BCUT2D eigenvalue weighted by atomic mass is 16.7. The first-order chi connectivity index (χ1) is 7.06. The average molecular weight is 213 g/mol. The van der Waals surface area contributed by atoms with Crippen LogP contribution in [0.15, 0.2) is 0 Å². The van der Waals surface area contributed by atoms with Crippen LogP contribution >= 0.6 is 0 Å². The zero-order valence-electron chi connectivity index (χ0n) is 9.77. The molecule has 0 spiro atoms. The van der Waals surface area contributed by atoms with Gasteiger partial charge in [-0.2, -0.15) is 0 Å². The quantitative estimate of drug-likeness (QED) is 0.565. The van der Waals surface area contributed by atoms with Crippen LogP contribution in [0.25, 0.3) is 0 Å². The summed E-state index contributed by atoms with van der Waals surface area (Å²) in [5.74, 6) is 0.309. The summed E-state index contributed by atoms with van der Waals surface area (Å²) in [4.78, 5) is 16.7. The van der Waals surface area contributed by atoms with Gasteiger partial charge in [0, 0.05) is 13.0 Å². The molecule has 15 heavy (non-hydrogen) atoms. The second kappa shape index (κ2) is 5.51. The molecule has 2 atom stereocenters. The SMILES string of the molecule is CON(C)C(=O)C1CCCC(B(C)O)C1. The van der Waals surface area contributed by atoms with E-state index in [1.807, 2.05) is 0 Å². The van der Waals surface area contributed by atoms with E-state index in [1.54, 1.807) is 13.9 Å². The van der Waals surface area contributed by atoms with Crippen LogP contribution in [-0.4, -0.2) is 37.1 Å². The maximum Gasteiger partial charge on any atom is 0.288 e. The molecule has 5 heteroatoms. The number of amides is 1. The summed E-state index contributed by atoms with van der Waals surface area (Å²) in [5, 5.41) is 10.8. The summed E-state index contributed by atoms with van der Waals surface area (Å²) >= 11 is 0. The minimum Gasteiger partial charge on any atom is -0.450 e. The van der Waals surface area contributed by atoms with Crippen LogP contribution in [0.1, 0.15) is 25.7 Å². The van der Waals surface area contributed by atoms with Crippen LogP contribution in [0.4, 0.5) is 0 Å². The molecule has 4 nitrogen and oxygen atoms in total. The Bertz CT molecular complexity index is 223. The monoisotopic (exact) mass is 213 g/mol. The van der Waals surface area contributed by atoms with Gasteiger partial charge >= 0.3 is 0 Å². The zero-order chi connectivity index (χ0) is 11.4. The van der Waals surface area contributed by atoms with Crippen molar-refractivity contribution in [3.8, 4) is 0 Å². The maximum atomic E-state index is 11.8. The van der Waals surface area contributed by atoms with Crippen LogP contribution in [0, 0.1) is 5.92 Å². The highest BCUT2D eigenvalue weighted by Gasteiger charge is 2.32. The number of nitrogens with zero attached hydrogens (tertiary/aromatic N) is 1. The molecule has 86 valence electrons. The van der Waals surface area contributed by atoms with Gasteiger partial charge < -0.3 is 5.02 Å². The average Bonchev–Trinajstić information content (AvgIpc) is 2.27. The van der Waals surface area contributed by atoms with Crippen LogP contribution in [0.3, 0.4) is 0 Å². The van der Waals surface area contributed by atoms with Gasteiger partial charge in [0.25, 0.3) is 6.92 Å². The fourth-order valence-electron chi connectivity index (χ4n) is 2.24. The van der Waals surface area contributed by atoms with Gasteiger partial charge in [0.05, 0.1) is 7.11 Å². The van der Waals surface area contributed by atoms with Crippen molar-refractivity contribution in [3.63, 3.8) is 0 Å². The Morgan fingerprint density at radius 3 is 2.73 bits per heavy atom. The van der Waals surface area contributed by atoms with Crippen LogP contribution < -0.4 is 0 Å². The predicted octanol–water partition coefficient (Wildman–Crippen LogP) is 1.18. The van der Waals surface area contributed by atoms with Gasteiger partial charge in [0.1, 0.15) is 0 Å². The van der Waals surface area contributed by atoms with Crippen molar-refractivity contribution < 1.29 is 14.7 Å². The zero-order valence-corrected chi connectivity index (χ0v) is 9.77. The van der Waals surface area contributed by atoms with Gasteiger partial charge in [-0.3, -0.25) is 9.63 Å². The smallest absolute Gasteiger partial charge is 0.288 e. The molecule has 1 aliphatic rings. The third kappa shape index (κ3) is 3.21. The van der Waals surface area contributed by atoms with E-state index in [-0.39, 0.29) is 24.6 Å². The Balaban J connectivity index is 2.52. The van der Waals surface area contributed by atoms with Crippen molar-refractivity contribution >= 4 is 12.8 Å². The molecule has 1 saturated carbocycles. The topological polar surface area (TPSA) is 49.8 Å². The molecule has 0 bridgehead atoms. The molecule has 1 fully saturated rings. The standard InChI is InChI=1S/C10H20BNO3/c1-11(14)9-6-4-5-8(7-9)10(13)12(2)15-3/h8-9,14H,4-7H2,1-3H3. The van der Waals surface area contributed by atoms with Crippen molar-refractivity contribution in [2.75, 3.05) is 14.2 Å². The summed E-state index contributed by atoms with van der Waals surface area (Å²) in [6.45, 7) is 1.49. The Morgan fingerprint density at radius 2 is 2.20 bits per heavy atom. The number of hydrogen-bond acceptors (Lipinski definition) is 3. The Labute approximate surface area is 91.7 Å². The van der Waals surface area contributed by atoms with Crippen molar-refractivity contribution in [2.45, 2.75) is 38.3 Å². The third-order valence-corrected chi connectivity index (χ3v) is 3.33. The minimum atomic E-state index is -0.312. The molecule has 1 N–H and O–H groups in total. The largest absolute Gasteiger partial charge is 0.450 e. The normalized spacial score (nSPS) is 26.1. The number of hydroxylamine groups is 2. The molecule has 0 aromatic carbocycles. The van der Waals surface area contributed by atoms with Crippen molar-refractivity contribution in [2.24, 2.45) is 5.92 Å². The molecule has 1 rings (SSSR count). The summed E-state index contributed by atoms with van der Waals surface area (Å²) in [7, 11) is 3.13. The van der Waals surface area contributed by atoms with E-state index in [2.05, 4.69) is 0 Å². The van der Waals surface area contributed by atoms with E-state index in [4.69, 9.17) is 4.84 Å².